The Morgan fingerprint density at radius 1 is 1.30 bits per heavy atom. The molecule has 0 spiro atoms. The van der Waals surface area contributed by atoms with Gasteiger partial charge in [0.2, 0.25) is 0 Å². The maximum Gasteiger partial charge on any atom is 0.308 e. The van der Waals surface area contributed by atoms with Crippen LogP contribution in [0.15, 0.2) is 18.6 Å². The second kappa shape index (κ2) is 6.16. The summed E-state index contributed by atoms with van der Waals surface area (Å²) in [6, 6.07) is 2.31. The third-order valence-electron chi connectivity index (χ3n) is 4.74. The van der Waals surface area contributed by atoms with Gasteiger partial charge in [-0.05, 0) is 33.0 Å². The van der Waals surface area contributed by atoms with E-state index in [9.17, 15) is 9.90 Å². The van der Waals surface area contributed by atoms with Crippen molar-refractivity contribution in [1.29, 1.82) is 0 Å². The highest BCUT2D eigenvalue weighted by Gasteiger charge is 2.30. The number of rotatable bonds is 3. The number of fused-ring (bicyclic) bond motifs is 1. The number of hydrogen-bond acceptors (Lipinski definition) is 5. The van der Waals surface area contributed by atoms with Gasteiger partial charge in [0.05, 0.1) is 11.3 Å². The minimum atomic E-state index is -0.729. The first-order valence-corrected chi connectivity index (χ1v) is 7.87. The Bertz CT molecular complexity index is 712. The third kappa shape index (κ3) is 3.01. The van der Waals surface area contributed by atoms with Crippen LogP contribution in [-0.4, -0.2) is 63.7 Å². The number of likely N-dealkylation sites (N-methyl/N-ethyl adjacent to an activating group) is 1. The molecule has 3 heterocycles. The van der Waals surface area contributed by atoms with Crippen molar-refractivity contribution >= 4 is 22.8 Å². The van der Waals surface area contributed by atoms with Crippen molar-refractivity contribution < 1.29 is 9.90 Å². The summed E-state index contributed by atoms with van der Waals surface area (Å²) in [4.78, 5) is 24.6. The number of anilines is 1. The predicted octanol–water partition coefficient (Wildman–Crippen LogP) is 1.20. The fourth-order valence-corrected chi connectivity index (χ4v) is 3.28. The zero-order valence-corrected chi connectivity index (χ0v) is 13.8. The summed E-state index contributed by atoms with van der Waals surface area (Å²) in [5, 5.41) is 10.5. The lowest BCUT2D eigenvalue weighted by atomic mass is 10.0. The quantitative estimate of drug-likeness (QED) is 0.917. The largest absolute Gasteiger partial charge is 0.481 e. The number of hydrogen-bond donors (Lipinski definition) is 1. The molecule has 2 aromatic rings. The van der Waals surface area contributed by atoms with Crippen LogP contribution in [0.2, 0.25) is 0 Å². The Hall–Kier alpha value is -2.15. The van der Waals surface area contributed by atoms with E-state index in [1.165, 1.54) is 0 Å². The van der Waals surface area contributed by atoms with E-state index in [1.807, 2.05) is 38.0 Å². The predicted molar refractivity (Wildman–Crippen MR) is 88.6 cm³/mol. The van der Waals surface area contributed by atoms with E-state index in [2.05, 4.69) is 19.8 Å². The van der Waals surface area contributed by atoms with E-state index in [0.29, 0.717) is 19.0 Å². The van der Waals surface area contributed by atoms with E-state index in [4.69, 9.17) is 0 Å². The molecular weight excluding hydrogens is 294 g/mol. The van der Waals surface area contributed by atoms with E-state index in [-0.39, 0.29) is 5.92 Å². The molecule has 1 saturated heterocycles. The number of aliphatic carboxylic acids is 1. The third-order valence-corrected chi connectivity index (χ3v) is 4.74. The van der Waals surface area contributed by atoms with Gasteiger partial charge in [0, 0.05) is 32.4 Å². The van der Waals surface area contributed by atoms with Gasteiger partial charge in [-0.15, -0.1) is 0 Å². The highest BCUT2D eigenvalue weighted by atomic mass is 16.4. The molecule has 1 aliphatic heterocycles. The molecule has 2 atom stereocenters. The van der Waals surface area contributed by atoms with Gasteiger partial charge in [0.1, 0.15) is 17.8 Å². The van der Waals surface area contributed by atoms with Gasteiger partial charge in [-0.2, -0.15) is 0 Å². The first-order chi connectivity index (χ1) is 11.0. The Balaban J connectivity index is 2.00. The molecule has 1 N–H and O–H groups in total. The summed E-state index contributed by atoms with van der Waals surface area (Å²) in [6.45, 7) is 1.26. The summed E-state index contributed by atoms with van der Waals surface area (Å²) < 4.78 is 1.95. The first-order valence-electron chi connectivity index (χ1n) is 7.87. The number of aryl methyl sites for hydroxylation is 1. The van der Waals surface area contributed by atoms with Crippen LogP contribution in [0, 0.1) is 5.92 Å². The first kappa shape index (κ1) is 15.7. The summed E-state index contributed by atoms with van der Waals surface area (Å²) in [7, 11) is 6.04. The van der Waals surface area contributed by atoms with Crippen LogP contribution in [0.3, 0.4) is 0 Å². The number of carboxylic acid groups (broad SMARTS) is 1. The van der Waals surface area contributed by atoms with Crippen LogP contribution in [0.25, 0.3) is 11.0 Å². The molecule has 0 bridgehead atoms. The molecule has 7 nitrogen and oxygen atoms in total. The number of carboxylic acids is 1. The van der Waals surface area contributed by atoms with Crippen molar-refractivity contribution in [2.24, 2.45) is 13.0 Å². The Morgan fingerprint density at radius 3 is 2.78 bits per heavy atom. The molecule has 0 aliphatic carbocycles. The van der Waals surface area contributed by atoms with E-state index >= 15 is 0 Å². The molecule has 7 heteroatoms. The standard InChI is InChI=1S/C16H23N5O2/c1-19(2)12-5-4-11(16(22)23)8-21(9-12)15-13-6-7-20(3)14(13)17-10-18-15/h6-7,10-12H,4-5,8-9H2,1-3H3,(H,22,23)/t11-,12+/m0/s1. The normalized spacial score (nSPS) is 22.5. The molecule has 0 radical (unpaired) electrons. The molecule has 0 unspecified atom stereocenters. The molecule has 1 aliphatic rings. The number of carbonyl (C=O) groups is 1. The second-order valence-corrected chi connectivity index (χ2v) is 6.50. The summed E-state index contributed by atoms with van der Waals surface area (Å²) in [5.74, 6) is -0.267. The van der Waals surface area contributed by atoms with Gasteiger partial charge in [0.25, 0.3) is 0 Å². The molecule has 0 amide bonds. The molecule has 0 aromatic carbocycles. The van der Waals surface area contributed by atoms with Gasteiger partial charge >= 0.3 is 5.97 Å². The van der Waals surface area contributed by atoms with Crippen LogP contribution >= 0.6 is 0 Å². The lowest BCUT2D eigenvalue weighted by molar-refractivity contribution is -0.141. The molecule has 23 heavy (non-hydrogen) atoms. The fourth-order valence-electron chi connectivity index (χ4n) is 3.28. The Morgan fingerprint density at radius 2 is 2.09 bits per heavy atom. The van der Waals surface area contributed by atoms with Crippen LogP contribution in [0.5, 0.6) is 0 Å². The molecule has 1 fully saturated rings. The second-order valence-electron chi connectivity index (χ2n) is 6.50. The molecule has 124 valence electrons. The average Bonchev–Trinajstić information content (AvgIpc) is 2.76. The van der Waals surface area contributed by atoms with E-state index < -0.39 is 5.97 Å². The zero-order valence-electron chi connectivity index (χ0n) is 13.8. The van der Waals surface area contributed by atoms with Crippen molar-refractivity contribution in [3.63, 3.8) is 0 Å². The molecule has 3 rings (SSSR count). The summed E-state index contributed by atoms with van der Waals surface area (Å²) in [5.41, 5.74) is 0.868. The van der Waals surface area contributed by atoms with E-state index in [1.54, 1.807) is 6.33 Å². The topological polar surface area (TPSA) is 74.5 Å². The molecule has 2 aromatic heterocycles. The smallest absolute Gasteiger partial charge is 0.308 e. The van der Waals surface area contributed by atoms with Crippen molar-refractivity contribution in [2.75, 3.05) is 32.1 Å². The van der Waals surface area contributed by atoms with Crippen molar-refractivity contribution in [3.05, 3.63) is 18.6 Å². The lowest BCUT2D eigenvalue weighted by Gasteiger charge is -2.29. The fraction of sp³-hybridized carbons (Fsp3) is 0.562. The number of nitrogens with zero attached hydrogens (tertiary/aromatic N) is 5. The van der Waals surface area contributed by atoms with Crippen molar-refractivity contribution in [1.82, 2.24) is 19.4 Å². The number of aromatic nitrogens is 3. The van der Waals surface area contributed by atoms with Crippen molar-refractivity contribution in [2.45, 2.75) is 18.9 Å². The van der Waals surface area contributed by atoms with Crippen molar-refractivity contribution in [3.8, 4) is 0 Å². The van der Waals surface area contributed by atoms with Crippen LogP contribution in [0.4, 0.5) is 5.82 Å². The highest BCUT2D eigenvalue weighted by molar-refractivity contribution is 5.88. The monoisotopic (exact) mass is 317 g/mol. The highest BCUT2D eigenvalue weighted by Crippen LogP contribution is 2.28. The maximum absolute atomic E-state index is 11.6. The summed E-state index contributed by atoms with van der Waals surface area (Å²) in [6.07, 6.45) is 5.09. The van der Waals surface area contributed by atoms with Crippen LogP contribution in [0.1, 0.15) is 12.8 Å². The Kier molecular flexibility index (Phi) is 4.21. The Labute approximate surface area is 135 Å². The van der Waals surface area contributed by atoms with Gasteiger partial charge < -0.3 is 19.5 Å². The zero-order chi connectivity index (χ0) is 16.6. The SMILES string of the molecule is CN(C)[C@@H]1CC[C@H](C(=O)O)CN(c2ncnc3c2ccn3C)C1. The maximum atomic E-state index is 11.6. The van der Waals surface area contributed by atoms with Gasteiger partial charge in [-0.3, -0.25) is 4.79 Å². The van der Waals surface area contributed by atoms with Crippen LogP contribution < -0.4 is 4.90 Å². The minimum absolute atomic E-state index is 0.313. The lowest BCUT2D eigenvalue weighted by Crippen LogP contribution is -2.40. The van der Waals surface area contributed by atoms with Gasteiger partial charge in [-0.1, -0.05) is 0 Å². The molecule has 0 saturated carbocycles. The van der Waals surface area contributed by atoms with Gasteiger partial charge in [-0.25, -0.2) is 9.97 Å². The van der Waals surface area contributed by atoms with Crippen LogP contribution in [-0.2, 0) is 11.8 Å². The van der Waals surface area contributed by atoms with E-state index in [0.717, 1.165) is 29.8 Å². The average molecular weight is 317 g/mol. The van der Waals surface area contributed by atoms with Gasteiger partial charge in [0.15, 0.2) is 0 Å². The minimum Gasteiger partial charge on any atom is -0.481 e. The molecular formula is C16H23N5O2. The summed E-state index contributed by atoms with van der Waals surface area (Å²) >= 11 is 0.